The maximum Gasteiger partial charge on any atom is 0.306 e. The molecular formula is C11H21NO2. The molecule has 0 bridgehead atoms. The Morgan fingerprint density at radius 1 is 1.43 bits per heavy atom. The second-order valence-corrected chi connectivity index (χ2v) is 5.50. The van der Waals surface area contributed by atoms with E-state index in [2.05, 4.69) is 12.2 Å². The number of esters is 1. The molecule has 3 nitrogen and oxygen atoms in total. The molecule has 1 N–H and O–H groups in total. The molecule has 0 spiro atoms. The summed E-state index contributed by atoms with van der Waals surface area (Å²) in [6.45, 7) is 9.95. The molecule has 1 saturated heterocycles. The van der Waals surface area contributed by atoms with Crippen molar-refractivity contribution in [2.75, 3.05) is 13.1 Å². The fraction of sp³-hybridized carbons (Fsp3) is 0.909. The summed E-state index contributed by atoms with van der Waals surface area (Å²) in [4.78, 5) is 11.4. The standard InChI is InChI=1S/C11H21NO2/c1-10(2,3)14-9(13)5-6-11(4)7-12-8-11/h12H,5-8H2,1-4H3. The number of hydrogen-bond donors (Lipinski definition) is 1. The lowest BCUT2D eigenvalue weighted by Gasteiger charge is -2.39. The van der Waals surface area contributed by atoms with Crippen LogP contribution in [0.25, 0.3) is 0 Å². The molecule has 0 atom stereocenters. The van der Waals surface area contributed by atoms with Crippen LogP contribution in [-0.2, 0) is 9.53 Å². The largest absolute Gasteiger partial charge is 0.460 e. The summed E-state index contributed by atoms with van der Waals surface area (Å²) in [5.74, 6) is -0.0781. The smallest absolute Gasteiger partial charge is 0.306 e. The van der Waals surface area contributed by atoms with Gasteiger partial charge in [0.1, 0.15) is 5.60 Å². The number of rotatable bonds is 3. The van der Waals surface area contributed by atoms with E-state index in [4.69, 9.17) is 4.74 Å². The quantitative estimate of drug-likeness (QED) is 0.703. The second-order valence-electron chi connectivity index (χ2n) is 5.50. The summed E-state index contributed by atoms with van der Waals surface area (Å²) < 4.78 is 5.24. The van der Waals surface area contributed by atoms with E-state index in [0.29, 0.717) is 11.8 Å². The van der Waals surface area contributed by atoms with Crippen molar-refractivity contribution < 1.29 is 9.53 Å². The molecule has 1 rings (SSSR count). The van der Waals surface area contributed by atoms with Crippen LogP contribution >= 0.6 is 0 Å². The Kier molecular flexibility index (Phi) is 3.20. The molecule has 1 aliphatic rings. The van der Waals surface area contributed by atoms with Crippen LogP contribution in [0.3, 0.4) is 0 Å². The zero-order valence-electron chi connectivity index (χ0n) is 9.64. The molecule has 14 heavy (non-hydrogen) atoms. The molecule has 82 valence electrons. The topological polar surface area (TPSA) is 38.3 Å². The third-order valence-electron chi connectivity index (χ3n) is 2.46. The van der Waals surface area contributed by atoms with Crippen LogP contribution in [0.5, 0.6) is 0 Å². The van der Waals surface area contributed by atoms with Crippen molar-refractivity contribution in [3.8, 4) is 0 Å². The van der Waals surface area contributed by atoms with Crippen molar-refractivity contribution in [2.24, 2.45) is 5.41 Å². The van der Waals surface area contributed by atoms with E-state index in [1.807, 2.05) is 20.8 Å². The zero-order chi connectivity index (χ0) is 10.8. The fourth-order valence-corrected chi connectivity index (χ4v) is 1.52. The van der Waals surface area contributed by atoms with Crippen LogP contribution in [0, 0.1) is 5.41 Å². The lowest BCUT2D eigenvalue weighted by molar-refractivity contribution is -0.155. The Bertz CT molecular complexity index is 214. The summed E-state index contributed by atoms with van der Waals surface area (Å²) in [7, 11) is 0. The van der Waals surface area contributed by atoms with Crippen molar-refractivity contribution in [1.29, 1.82) is 0 Å². The minimum absolute atomic E-state index is 0.0781. The van der Waals surface area contributed by atoms with Gasteiger partial charge in [0.15, 0.2) is 0 Å². The molecule has 0 aromatic heterocycles. The van der Waals surface area contributed by atoms with Gasteiger partial charge in [-0.05, 0) is 32.6 Å². The zero-order valence-corrected chi connectivity index (χ0v) is 9.64. The Balaban J connectivity index is 2.21. The first-order valence-corrected chi connectivity index (χ1v) is 5.23. The van der Waals surface area contributed by atoms with Crippen LogP contribution in [-0.4, -0.2) is 24.7 Å². The van der Waals surface area contributed by atoms with Crippen LogP contribution in [0.15, 0.2) is 0 Å². The van der Waals surface area contributed by atoms with Gasteiger partial charge < -0.3 is 10.1 Å². The van der Waals surface area contributed by atoms with Crippen molar-refractivity contribution in [1.82, 2.24) is 5.32 Å². The number of nitrogens with one attached hydrogen (secondary N) is 1. The van der Waals surface area contributed by atoms with E-state index in [1.54, 1.807) is 0 Å². The Hall–Kier alpha value is -0.570. The normalized spacial score (nSPS) is 20.0. The number of carbonyl (C=O) groups is 1. The SMILES string of the molecule is CC1(CCC(=O)OC(C)(C)C)CNC1. The van der Waals surface area contributed by atoms with E-state index < -0.39 is 0 Å². The van der Waals surface area contributed by atoms with Crippen LogP contribution in [0.2, 0.25) is 0 Å². The second kappa shape index (κ2) is 3.89. The molecular weight excluding hydrogens is 178 g/mol. The van der Waals surface area contributed by atoms with Gasteiger partial charge in [-0.25, -0.2) is 0 Å². The Morgan fingerprint density at radius 3 is 2.36 bits per heavy atom. The van der Waals surface area contributed by atoms with Gasteiger partial charge in [-0.2, -0.15) is 0 Å². The van der Waals surface area contributed by atoms with Gasteiger partial charge >= 0.3 is 5.97 Å². The van der Waals surface area contributed by atoms with E-state index in [0.717, 1.165) is 19.5 Å². The average Bonchev–Trinajstić information content (AvgIpc) is 1.94. The van der Waals surface area contributed by atoms with Gasteiger partial charge in [0, 0.05) is 19.5 Å². The molecule has 1 heterocycles. The summed E-state index contributed by atoms with van der Waals surface area (Å²) >= 11 is 0. The lowest BCUT2D eigenvalue weighted by Crippen LogP contribution is -2.51. The predicted molar refractivity (Wildman–Crippen MR) is 56.1 cm³/mol. The van der Waals surface area contributed by atoms with Crippen molar-refractivity contribution in [3.63, 3.8) is 0 Å². The molecule has 1 aliphatic heterocycles. The third-order valence-corrected chi connectivity index (χ3v) is 2.46. The van der Waals surface area contributed by atoms with Gasteiger partial charge in [0.05, 0.1) is 0 Å². The van der Waals surface area contributed by atoms with Crippen molar-refractivity contribution >= 4 is 5.97 Å². The molecule has 1 fully saturated rings. The fourth-order valence-electron chi connectivity index (χ4n) is 1.52. The van der Waals surface area contributed by atoms with Crippen LogP contribution in [0.1, 0.15) is 40.5 Å². The highest BCUT2D eigenvalue weighted by atomic mass is 16.6. The van der Waals surface area contributed by atoms with Gasteiger partial charge in [0.25, 0.3) is 0 Å². The summed E-state index contributed by atoms with van der Waals surface area (Å²) in [6, 6.07) is 0. The Labute approximate surface area is 86.2 Å². The molecule has 0 aromatic rings. The highest BCUT2D eigenvalue weighted by Gasteiger charge is 2.32. The van der Waals surface area contributed by atoms with Gasteiger partial charge in [0.2, 0.25) is 0 Å². The molecule has 3 heteroatoms. The van der Waals surface area contributed by atoms with E-state index in [-0.39, 0.29) is 11.6 Å². The minimum Gasteiger partial charge on any atom is -0.460 e. The predicted octanol–water partition coefficient (Wildman–Crippen LogP) is 1.72. The first-order valence-electron chi connectivity index (χ1n) is 5.23. The van der Waals surface area contributed by atoms with Crippen LogP contribution in [0.4, 0.5) is 0 Å². The maximum atomic E-state index is 11.4. The van der Waals surface area contributed by atoms with E-state index >= 15 is 0 Å². The van der Waals surface area contributed by atoms with Gasteiger partial charge in [-0.3, -0.25) is 4.79 Å². The summed E-state index contributed by atoms with van der Waals surface area (Å²) in [5, 5.41) is 3.22. The summed E-state index contributed by atoms with van der Waals surface area (Å²) in [5.41, 5.74) is -0.0350. The van der Waals surface area contributed by atoms with E-state index in [9.17, 15) is 4.79 Å². The maximum absolute atomic E-state index is 11.4. The molecule has 0 aromatic carbocycles. The number of hydrogen-bond acceptors (Lipinski definition) is 3. The third kappa shape index (κ3) is 3.66. The van der Waals surface area contributed by atoms with Crippen molar-refractivity contribution in [3.05, 3.63) is 0 Å². The first-order chi connectivity index (χ1) is 6.31. The lowest BCUT2D eigenvalue weighted by atomic mass is 9.80. The highest BCUT2D eigenvalue weighted by Crippen LogP contribution is 2.27. The molecule has 0 radical (unpaired) electrons. The molecule has 0 aliphatic carbocycles. The van der Waals surface area contributed by atoms with Gasteiger partial charge in [-0.15, -0.1) is 0 Å². The highest BCUT2D eigenvalue weighted by molar-refractivity contribution is 5.69. The number of carbonyl (C=O) groups excluding carboxylic acids is 1. The molecule has 0 unspecified atom stereocenters. The van der Waals surface area contributed by atoms with Gasteiger partial charge in [-0.1, -0.05) is 6.92 Å². The molecule has 0 saturated carbocycles. The minimum atomic E-state index is -0.351. The van der Waals surface area contributed by atoms with Crippen molar-refractivity contribution in [2.45, 2.75) is 46.1 Å². The Morgan fingerprint density at radius 2 is 2.00 bits per heavy atom. The molecule has 0 amide bonds. The first kappa shape index (κ1) is 11.5. The van der Waals surface area contributed by atoms with Crippen LogP contribution < -0.4 is 5.32 Å². The number of ether oxygens (including phenoxy) is 1. The monoisotopic (exact) mass is 199 g/mol. The van der Waals surface area contributed by atoms with E-state index in [1.165, 1.54) is 0 Å². The average molecular weight is 199 g/mol. The summed E-state index contributed by atoms with van der Waals surface area (Å²) in [6.07, 6.45) is 1.46.